The molecule has 0 aromatic heterocycles. The lowest BCUT2D eigenvalue weighted by Crippen LogP contribution is -2.11. The van der Waals surface area contributed by atoms with E-state index in [0.717, 1.165) is 5.75 Å². The molecule has 19 heavy (non-hydrogen) atoms. The van der Waals surface area contributed by atoms with Gasteiger partial charge >= 0.3 is 0 Å². The molecule has 1 unspecified atom stereocenters. The maximum atomic E-state index is 5.36. The molecule has 0 heterocycles. The highest BCUT2D eigenvalue weighted by Crippen LogP contribution is 2.37. The Balaban J connectivity index is 2.02. The second-order valence-electron chi connectivity index (χ2n) is 5.37. The summed E-state index contributed by atoms with van der Waals surface area (Å²) in [5.74, 6) is 1.53. The highest BCUT2D eigenvalue weighted by Gasteiger charge is 2.21. The van der Waals surface area contributed by atoms with E-state index in [4.69, 9.17) is 4.74 Å². The highest BCUT2D eigenvalue weighted by molar-refractivity contribution is 5.44. The van der Waals surface area contributed by atoms with E-state index in [1.807, 2.05) is 0 Å². The molecular weight excluding hydrogens is 232 g/mol. The Kier molecular flexibility index (Phi) is 3.29. The Labute approximate surface area is 115 Å². The van der Waals surface area contributed by atoms with Crippen molar-refractivity contribution >= 4 is 0 Å². The van der Waals surface area contributed by atoms with Crippen molar-refractivity contribution in [1.82, 2.24) is 0 Å². The van der Waals surface area contributed by atoms with Crippen LogP contribution >= 0.6 is 0 Å². The number of rotatable bonds is 2. The van der Waals surface area contributed by atoms with Crippen molar-refractivity contribution in [2.75, 3.05) is 7.11 Å². The number of ether oxygens (including phenoxy) is 1. The summed E-state index contributed by atoms with van der Waals surface area (Å²) in [6.45, 7) is 2.12. The molecule has 1 heteroatoms. The Hall–Kier alpha value is -1.76. The zero-order valence-corrected chi connectivity index (χ0v) is 11.6. The minimum Gasteiger partial charge on any atom is -0.496 e. The van der Waals surface area contributed by atoms with E-state index in [9.17, 15) is 0 Å². The van der Waals surface area contributed by atoms with Gasteiger partial charge in [0.15, 0.2) is 0 Å². The van der Waals surface area contributed by atoms with Gasteiger partial charge in [-0.05, 0) is 54.5 Å². The molecule has 0 saturated carbocycles. The lowest BCUT2D eigenvalue weighted by Gasteiger charge is -2.26. The highest BCUT2D eigenvalue weighted by atomic mass is 16.5. The van der Waals surface area contributed by atoms with Crippen LogP contribution in [0.2, 0.25) is 0 Å². The third kappa shape index (κ3) is 2.25. The van der Waals surface area contributed by atoms with Gasteiger partial charge in [0, 0.05) is 5.92 Å². The van der Waals surface area contributed by atoms with Gasteiger partial charge in [-0.25, -0.2) is 0 Å². The lowest BCUT2D eigenvalue weighted by atomic mass is 9.79. The predicted molar refractivity (Wildman–Crippen MR) is 79.0 cm³/mol. The molecule has 0 saturated heterocycles. The first kappa shape index (κ1) is 12.3. The minimum atomic E-state index is 0.551. The number of hydrogen-bond donors (Lipinski definition) is 0. The molecule has 0 spiro atoms. The first-order valence-corrected chi connectivity index (χ1v) is 7.02. The molecule has 3 rings (SSSR count). The molecule has 0 fully saturated rings. The molecule has 2 aromatic carbocycles. The largest absolute Gasteiger partial charge is 0.496 e. The fraction of sp³-hybridized carbons (Fsp3) is 0.333. The Morgan fingerprint density at radius 3 is 2.74 bits per heavy atom. The van der Waals surface area contributed by atoms with E-state index in [0.29, 0.717) is 5.92 Å². The molecule has 0 aliphatic heterocycles. The van der Waals surface area contributed by atoms with Crippen LogP contribution in [-0.4, -0.2) is 7.11 Å². The summed E-state index contributed by atoms with van der Waals surface area (Å²) in [7, 11) is 1.73. The van der Waals surface area contributed by atoms with Crippen LogP contribution in [0.15, 0.2) is 42.5 Å². The van der Waals surface area contributed by atoms with Crippen molar-refractivity contribution in [2.24, 2.45) is 0 Å². The summed E-state index contributed by atoms with van der Waals surface area (Å²) in [4.78, 5) is 0. The van der Waals surface area contributed by atoms with Crippen LogP contribution in [0.5, 0.6) is 5.75 Å². The van der Waals surface area contributed by atoms with E-state index < -0.39 is 0 Å². The normalized spacial score (nSPS) is 17.9. The molecule has 1 nitrogen and oxygen atoms in total. The van der Waals surface area contributed by atoms with E-state index in [1.54, 1.807) is 7.11 Å². The first-order valence-electron chi connectivity index (χ1n) is 7.02. The molecular formula is C18H20O. The van der Waals surface area contributed by atoms with Crippen LogP contribution in [0.3, 0.4) is 0 Å². The van der Waals surface area contributed by atoms with E-state index in [-0.39, 0.29) is 0 Å². The average Bonchev–Trinajstić information content (AvgIpc) is 2.46. The number of methoxy groups -OCH3 is 1. The van der Waals surface area contributed by atoms with Crippen molar-refractivity contribution in [2.45, 2.75) is 32.1 Å². The van der Waals surface area contributed by atoms with Crippen LogP contribution in [0, 0.1) is 6.92 Å². The van der Waals surface area contributed by atoms with Crippen LogP contribution < -0.4 is 4.74 Å². The molecule has 0 bridgehead atoms. The number of benzene rings is 2. The van der Waals surface area contributed by atoms with Crippen molar-refractivity contribution in [3.05, 3.63) is 64.7 Å². The van der Waals surface area contributed by atoms with E-state index in [1.165, 1.54) is 41.5 Å². The van der Waals surface area contributed by atoms with Gasteiger partial charge in [0.2, 0.25) is 0 Å². The second kappa shape index (κ2) is 5.08. The first-order chi connectivity index (χ1) is 9.29. The predicted octanol–water partition coefficient (Wildman–Crippen LogP) is 4.47. The van der Waals surface area contributed by atoms with Crippen LogP contribution in [0.25, 0.3) is 0 Å². The topological polar surface area (TPSA) is 9.23 Å². The van der Waals surface area contributed by atoms with Crippen LogP contribution in [-0.2, 0) is 6.42 Å². The molecule has 1 aliphatic rings. The van der Waals surface area contributed by atoms with E-state index >= 15 is 0 Å². The maximum absolute atomic E-state index is 5.36. The van der Waals surface area contributed by atoms with Crippen molar-refractivity contribution < 1.29 is 4.74 Å². The van der Waals surface area contributed by atoms with Crippen molar-refractivity contribution in [3.63, 3.8) is 0 Å². The quantitative estimate of drug-likeness (QED) is 0.766. The molecule has 1 atom stereocenters. The van der Waals surface area contributed by atoms with Crippen LogP contribution in [0.1, 0.15) is 41.0 Å². The number of fused-ring (bicyclic) bond motifs is 1. The standard InChI is InChI=1S/C18H20O/c1-13-12-15(10-11-18(13)19-2)17-9-5-7-14-6-3-4-8-16(14)17/h3-4,6,8,10-12,17H,5,7,9H2,1-2H3. The number of hydrogen-bond acceptors (Lipinski definition) is 1. The Bertz CT molecular complexity index is 586. The Morgan fingerprint density at radius 2 is 1.95 bits per heavy atom. The van der Waals surface area contributed by atoms with Gasteiger partial charge in [-0.15, -0.1) is 0 Å². The van der Waals surface area contributed by atoms with Crippen molar-refractivity contribution in [1.29, 1.82) is 0 Å². The van der Waals surface area contributed by atoms with Gasteiger partial charge in [0.05, 0.1) is 7.11 Å². The molecule has 0 N–H and O–H groups in total. The summed E-state index contributed by atoms with van der Waals surface area (Å²) < 4.78 is 5.36. The summed E-state index contributed by atoms with van der Waals surface area (Å²) >= 11 is 0. The summed E-state index contributed by atoms with van der Waals surface area (Å²) in [6, 6.07) is 15.5. The molecule has 2 aromatic rings. The smallest absolute Gasteiger partial charge is 0.121 e. The SMILES string of the molecule is COc1ccc(C2CCCc3ccccc32)cc1C. The average molecular weight is 252 g/mol. The third-order valence-corrected chi connectivity index (χ3v) is 4.19. The molecule has 0 radical (unpaired) electrons. The fourth-order valence-corrected chi connectivity index (χ4v) is 3.22. The minimum absolute atomic E-state index is 0.551. The van der Waals surface area contributed by atoms with Gasteiger partial charge in [-0.2, -0.15) is 0 Å². The molecule has 0 amide bonds. The molecule has 98 valence electrons. The number of aryl methyl sites for hydroxylation is 2. The maximum Gasteiger partial charge on any atom is 0.121 e. The van der Waals surface area contributed by atoms with Gasteiger partial charge < -0.3 is 4.74 Å². The van der Waals surface area contributed by atoms with E-state index in [2.05, 4.69) is 49.4 Å². The molecule has 1 aliphatic carbocycles. The van der Waals surface area contributed by atoms with Crippen LogP contribution in [0.4, 0.5) is 0 Å². The zero-order valence-electron chi connectivity index (χ0n) is 11.6. The van der Waals surface area contributed by atoms with Gasteiger partial charge in [0.25, 0.3) is 0 Å². The Morgan fingerprint density at radius 1 is 1.11 bits per heavy atom. The second-order valence-corrected chi connectivity index (χ2v) is 5.37. The van der Waals surface area contributed by atoms with Gasteiger partial charge in [0.1, 0.15) is 5.75 Å². The summed E-state index contributed by atoms with van der Waals surface area (Å²) in [5.41, 5.74) is 5.68. The summed E-state index contributed by atoms with van der Waals surface area (Å²) in [5, 5.41) is 0. The third-order valence-electron chi connectivity index (χ3n) is 4.19. The van der Waals surface area contributed by atoms with Gasteiger partial charge in [-0.1, -0.05) is 36.4 Å². The fourth-order valence-electron chi connectivity index (χ4n) is 3.22. The monoisotopic (exact) mass is 252 g/mol. The van der Waals surface area contributed by atoms with Crippen molar-refractivity contribution in [3.8, 4) is 5.75 Å². The summed E-state index contributed by atoms with van der Waals surface area (Å²) in [6.07, 6.45) is 3.76. The van der Waals surface area contributed by atoms with Gasteiger partial charge in [-0.3, -0.25) is 0 Å². The zero-order chi connectivity index (χ0) is 13.2. The lowest BCUT2D eigenvalue weighted by molar-refractivity contribution is 0.411.